The van der Waals surface area contributed by atoms with Crippen LogP contribution in [0.1, 0.15) is 74.4 Å². The maximum absolute atomic E-state index is 14.5. The second-order valence-corrected chi connectivity index (χ2v) is 9.18. The molecule has 0 fully saturated rings. The molecular weight excluding hydrogens is 450 g/mol. The number of pyridine rings is 1. The molecule has 2 aromatic heterocycles. The van der Waals surface area contributed by atoms with Crippen molar-refractivity contribution in [3.05, 3.63) is 76.7 Å². The van der Waals surface area contributed by atoms with E-state index < -0.39 is 17.0 Å². The van der Waals surface area contributed by atoms with Gasteiger partial charge in [-0.05, 0) is 61.1 Å². The first kappa shape index (κ1) is 26.3. The molecule has 8 heteroatoms. The van der Waals surface area contributed by atoms with E-state index in [0.717, 1.165) is 12.0 Å². The molecule has 0 unspecified atom stereocenters. The van der Waals surface area contributed by atoms with Gasteiger partial charge in [-0.25, -0.2) is 13.8 Å². The van der Waals surface area contributed by atoms with E-state index in [0.29, 0.717) is 11.4 Å². The Kier molecular flexibility index (Phi) is 8.27. The molecule has 0 aliphatic carbocycles. The maximum Gasteiger partial charge on any atom is 0.269 e. The van der Waals surface area contributed by atoms with E-state index in [1.165, 1.54) is 18.2 Å². The lowest BCUT2D eigenvalue weighted by Gasteiger charge is -2.35. The van der Waals surface area contributed by atoms with Crippen LogP contribution < -0.4 is 5.32 Å². The highest BCUT2D eigenvalue weighted by atomic mass is 19.1. The summed E-state index contributed by atoms with van der Waals surface area (Å²) in [5.41, 5.74) is 1.53. The Labute approximate surface area is 204 Å². The fraction of sp³-hybridized carbons (Fsp3) is 0.407. The molecule has 6 nitrogen and oxygen atoms in total. The molecule has 0 aliphatic rings. The number of benzene rings is 1. The van der Waals surface area contributed by atoms with Gasteiger partial charge < -0.3 is 10.4 Å². The van der Waals surface area contributed by atoms with Crippen LogP contribution in [0.4, 0.5) is 8.78 Å². The first-order chi connectivity index (χ1) is 16.6. The van der Waals surface area contributed by atoms with Gasteiger partial charge in [0.15, 0.2) is 0 Å². The number of rotatable bonds is 9. The van der Waals surface area contributed by atoms with Crippen molar-refractivity contribution in [2.75, 3.05) is 13.2 Å². The van der Waals surface area contributed by atoms with Crippen LogP contribution in [0.3, 0.4) is 0 Å². The van der Waals surface area contributed by atoms with E-state index in [9.17, 15) is 13.6 Å². The van der Waals surface area contributed by atoms with Gasteiger partial charge in [0.25, 0.3) is 5.91 Å². The second kappa shape index (κ2) is 11.0. The molecule has 3 rings (SSSR count). The van der Waals surface area contributed by atoms with Crippen LogP contribution in [0.2, 0.25) is 0 Å². The molecule has 186 valence electrons. The number of aliphatic hydroxyl groups excluding tert-OH is 1. The predicted molar refractivity (Wildman–Crippen MR) is 131 cm³/mol. The number of nitrogens with zero attached hydrogens (tertiary/aromatic N) is 3. The molecule has 2 atom stereocenters. The Hall–Kier alpha value is -3.26. The third-order valence-corrected chi connectivity index (χ3v) is 6.74. The molecule has 0 aliphatic heterocycles. The van der Waals surface area contributed by atoms with Crippen molar-refractivity contribution in [3.8, 4) is 11.3 Å². The van der Waals surface area contributed by atoms with Gasteiger partial charge in [-0.1, -0.05) is 39.8 Å². The van der Waals surface area contributed by atoms with Crippen molar-refractivity contribution in [3.63, 3.8) is 0 Å². The summed E-state index contributed by atoms with van der Waals surface area (Å²) in [5, 5.41) is 20.4. The SMILES string of the molecule is CC[C@H](C)c1cc(-c2c(F)cccc2F)nnc1[C@](C)(c1cccc(C(=O)NCCO)n1)C(C)C. The summed E-state index contributed by atoms with van der Waals surface area (Å²) in [6.45, 7) is 10.1. The van der Waals surface area contributed by atoms with E-state index >= 15 is 0 Å². The normalized spacial score (nSPS) is 14.0. The van der Waals surface area contributed by atoms with Crippen LogP contribution in [0.15, 0.2) is 42.5 Å². The molecule has 0 bridgehead atoms. The van der Waals surface area contributed by atoms with Crippen molar-refractivity contribution in [2.24, 2.45) is 5.92 Å². The summed E-state index contributed by atoms with van der Waals surface area (Å²) in [5.74, 6) is -1.75. The standard InChI is InChI=1S/C27H32F2N4O2/c1-6-17(4)18-15-22(24-19(28)9-7-10-20(24)29)32-33-25(18)27(5,16(2)3)23-12-8-11-21(31-23)26(35)30-13-14-34/h7-12,15-17,34H,6,13-14H2,1-5H3,(H,30,35)/t17-,27-/m0/s1. The minimum atomic E-state index is -0.745. The molecule has 0 radical (unpaired) electrons. The molecule has 35 heavy (non-hydrogen) atoms. The van der Waals surface area contributed by atoms with Gasteiger partial charge >= 0.3 is 0 Å². The Bertz CT molecular complexity index is 1180. The van der Waals surface area contributed by atoms with Crippen molar-refractivity contribution >= 4 is 5.91 Å². The number of hydrogen-bond acceptors (Lipinski definition) is 5. The molecule has 0 saturated carbocycles. The zero-order valence-electron chi connectivity index (χ0n) is 20.8. The topological polar surface area (TPSA) is 88.0 Å². The summed E-state index contributed by atoms with van der Waals surface area (Å²) in [7, 11) is 0. The van der Waals surface area contributed by atoms with E-state index in [2.05, 4.69) is 20.5 Å². The second-order valence-electron chi connectivity index (χ2n) is 9.18. The zero-order valence-corrected chi connectivity index (χ0v) is 20.8. The van der Waals surface area contributed by atoms with Crippen LogP contribution in [0, 0.1) is 17.6 Å². The van der Waals surface area contributed by atoms with Gasteiger partial charge in [0.05, 0.1) is 34.7 Å². The van der Waals surface area contributed by atoms with Crippen molar-refractivity contribution in [1.82, 2.24) is 20.5 Å². The number of carbonyl (C=O) groups excluding carboxylic acids is 1. The number of halogens is 2. The van der Waals surface area contributed by atoms with Crippen LogP contribution >= 0.6 is 0 Å². The van der Waals surface area contributed by atoms with Crippen molar-refractivity contribution in [2.45, 2.75) is 52.4 Å². The van der Waals surface area contributed by atoms with E-state index in [4.69, 9.17) is 5.11 Å². The molecule has 3 aromatic rings. The first-order valence-electron chi connectivity index (χ1n) is 11.8. The number of hydrogen-bond donors (Lipinski definition) is 2. The maximum atomic E-state index is 14.5. The Morgan fingerprint density at radius 1 is 1.09 bits per heavy atom. The summed E-state index contributed by atoms with van der Waals surface area (Å²) in [4.78, 5) is 17.1. The van der Waals surface area contributed by atoms with Crippen LogP contribution in [-0.2, 0) is 5.41 Å². The molecule has 2 heterocycles. The first-order valence-corrected chi connectivity index (χ1v) is 11.8. The van der Waals surface area contributed by atoms with Gasteiger partial charge in [0, 0.05) is 6.54 Å². The molecule has 0 saturated heterocycles. The molecule has 0 spiro atoms. The average Bonchev–Trinajstić information content (AvgIpc) is 2.86. The minimum Gasteiger partial charge on any atom is -0.395 e. The van der Waals surface area contributed by atoms with Gasteiger partial charge in [-0.15, -0.1) is 5.10 Å². The van der Waals surface area contributed by atoms with E-state index in [1.807, 2.05) is 40.7 Å². The average molecular weight is 483 g/mol. The summed E-state index contributed by atoms with van der Waals surface area (Å²) >= 11 is 0. The fourth-order valence-corrected chi connectivity index (χ4v) is 4.07. The van der Waals surface area contributed by atoms with Crippen LogP contribution in [0.5, 0.6) is 0 Å². The highest BCUT2D eigenvalue weighted by Gasteiger charge is 2.39. The number of carbonyl (C=O) groups is 1. The lowest BCUT2D eigenvalue weighted by molar-refractivity contribution is 0.0939. The summed E-state index contributed by atoms with van der Waals surface area (Å²) in [6.07, 6.45) is 0.781. The Balaban J connectivity index is 2.20. The number of aliphatic hydroxyl groups is 1. The van der Waals surface area contributed by atoms with Crippen molar-refractivity contribution < 1.29 is 18.7 Å². The lowest BCUT2D eigenvalue weighted by atomic mass is 9.70. The Morgan fingerprint density at radius 2 is 1.74 bits per heavy atom. The number of amides is 1. The van der Waals surface area contributed by atoms with Crippen molar-refractivity contribution in [1.29, 1.82) is 0 Å². The zero-order chi connectivity index (χ0) is 25.8. The number of nitrogens with one attached hydrogen (secondary N) is 1. The quantitative estimate of drug-likeness (QED) is 0.447. The molecule has 2 N–H and O–H groups in total. The Morgan fingerprint density at radius 3 is 2.34 bits per heavy atom. The van der Waals surface area contributed by atoms with E-state index in [-0.39, 0.29) is 47.8 Å². The third kappa shape index (κ3) is 5.22. The molecular formula is C27H32F2N4O2. The highest BCUT2D eigenvalue weighted by molar-refractivity contribution is 5.92. The van der Waals surface area contributed by atoms with Gasteiger partial charge in [-0.2, -0.15) is 5.10 Å². The highest BCUT2D eigenvalue weighted by Crippen LogP contribution is 2.41. The van der Waals surface area contributed by atoms with E-state index in [1.54, 1.807) is 18.2 Å². The molecule has 1 aromatic carbocycles. The smallest absolute Gasteiger partial charge is 0.269 e. The van der Waals surface area contributed by atoms with Crippen LogP contribution in [0.25, 0.3) is 11.3 Å². The monoisotopic (exact) mass is 482 g/mol. The summed E-state index contributed by atoms with van der Waals surface area (Å²) < 4.78 is 29.0. The van der Waals surface area contributed by atoms with Gasteiger partial charge in [-0.3, -0.25) is 4.79 Å². The lowest BCUT2D eigenvalue weighted by Crippen LogP contribution is -2.35. The van der Waals surface area contributed by atoms with Crippen LogP contribution in [-0.4, -0.2) is 39.3 Å². The number of aromatic nitrogens is 3. The van der Waals surface area contributed by atoms with Gasteiger partial charge in [0.1, 0.15) is 17.3 Å². The van der Waals surface area contributed by atoms with Gasteiger partial charge in [0.2, 0.25) is 0 Å². The third-order valence-electron chi connectivity index (χ3n) is 6.74. The molecule has 1 amide bonds. The fourth-order valence-electron chi connectivity index (χ4n) is 4.07. The minimum absolute atomic E-state index is 0.00101. The largest absolute Gasteiger partial charge is 0.395 e. The predicted octanol–water partition coefficient (Wildman–Crippen LogP) is 5.01. The summed E-state index contributed by atoms with van der Waals surface area (Å²) in [6, 6.07) is 10.7.